The Morgan fingerprint density at radius 2 is 2.11 bits per heavy atom. The first-order valence-electron chi connectivity index (χ1n) is 9.32. The van der Waals surface area contributed by atoms with Crippen LogP contribution < -0.4 is 0 Å². The molecule has 9 heteroatoms. The molecule has 1 aromatic carbocycles. The summed E-state index contributed by atoms with van der Waals surface area (Å²) < 4.78 is 43.1. The van der Waals surface area contributed by atoms with E-state index in [1.807, 2.05) is 0 Å². The van der Waals surface area contributed by atoms with Crippen LogP contribution >= 0.6 is 11.6 Å². The van der Waals surface area contributed by atoms with E-state index in [9.17, 15) is 17.9 Å². The van der Waals surface area contributed by atoms with Crippen LogP contribution in [0.4, 0.5) is 4.39 Å². The van der Waals surface area contributed by atoms with Gasteiger partial charge in [-0.3, -0.25) is 4.68 Å². The van der Waals surface area contributed by atoms with Gasteiger partial charge < -0.3 is 5.11 Å². The van der Waals surface area contributed by atoms with Crippen molar-refractivity contribution in [1.82, 2.24) is 14.1 Å². The fourth-order valence-corrected chi connectivity index (χ4v) is 7.06. The molecule has 6 nitrogen and oxygen atoms in total. The molecule has 2 heterocycles. The maximum absolute atomic E-state index is 13.8. The molecule has 152 valence electrons. The van der Waals surface area contributed by atoms with E-state index in [-0.39, 0.29) is 28.4 Å². The van der Waals surface area contributed by atoms with Gasteiger partial charge in [-0.15, -0.1) is 0 Å². The highest BCUT2D eigenvalue weighted by molar-refractivity contribution is 7.89. The Bertz CT molecular complexity index is 1030. The Kier molecular flexibility index (Phi) is 4.81. The van der Waals surface area contributed by atoms with Crippen molar-refractivity contribution in [3.8, 4) is 0 Å². The van der Waals surface area contributed by atoms with Crippen molar-refractivity contribution in [2.45, 2.75) is 36.7 Å². The fourth-order valence-electron chi connectivity index (χ4n) is 4.83. The van der Waals surface area contributed by atoms with Crippen LogP contribution in [0.1, 0.15) is 30.5 Å². The molecule has 1 aliphatic carbocycles. The van der Waals surface area contributed by atoms with E-state index in [1.165, 1.54) is 21.1 Å². The van der Waals surface area contributed by atoms with E-state index in [0.29, 0.717) is 24.2 Å². The van der Waals surface area contributed by atoms with Crippen LogP contribution in [0.3, 0.4) is 0 Å². The fraction of sp³-hybridized carbons (Fsp3) is 0.526. The predicted octanol–water partition coefficient (Wildman–Crippen LogP) is 2.83. The number of aryl methyl sites for hydroxylation is 2. The number of hydrogen-bond acceptors (Lipinski definition) is 4. The van der Waals surface area contributed by atoms with Crippen molar-refractivity contribution in [2.75, 3.05) is 13.1 Å². The summed E-state index contributed by atoms with van der Waals surface area (Å²) in [5, 5.41) is 15.7. The van der Waals surface area contributed by atoms with E-state index < -0.39 is 21.4 Å². The lowest BCUT2D eigenvalue weighted by Gasteiger charge is -2.41. The molecular formula is C19H23ClFN3O3S. The zero-order chi connectivity index (χ0) is 20.3. The molecule has 1 aliphatic heterocycles. The topological polar surface area (TPSA) is 75.4 Å². The van der Waals surface area contributed by atoms with Crippen LogP contribution in [0.2, 0.25) is 5.15 Å². The molecule has 0 spiro atoms. The smallest absolute Gasteiger partial charge is 0.248 e. The van der Waals surface area contributed by atoms with Crippen molar-refractivity contribution in [3.63, 3.8) is 0 Å². The Morgan fingerprint density at radius 1 is 1.36 bits per heavy atom. The normalized spacial score (nSPS) is 28.5. The molecular weight excluding hydrogens is 405 g/mol. The van der Waals surface area contributed by atoms with Crippen LogP contribution in [0, 0.1) is 24.6 Å². The third-order valence-electron chi connectivity index (χ3n) is 6.18. The van der Waals surface area contributed by atoms with E-state index in [1.54, 1.807) is 26.1 Å². The van der Waals surface area contributed by atoms with E-state index in [2.05, 4.69) is 5.10 Å². The summed E-state index contributed by atoms with van der Waals surface area (Å²) in [6, 6.07) is 5.98. The SMILES string of the molecule is Cc1nn(C)c(Cl)c1S(=O)(=O)N1C[C@@H]2CCC[C@@](O)(c3cccc(F)c3)[C@@H]2C1. The Labute approximate surface area is 169 Å². The monoisotopic (exact) mass is 427 g/mol. The molecule has 2 aliphatic rings. The molecule has 1 saturated carbocycles. The highest BCUT2D eigenvalue weighted by Crippen LogP contribution is 2.49. The number of aliphatic hydroxyl groups is 1. The predicted molar refractivity (Wildman–Crippen MR) is 103 cm³/mol. The van der Waals surface area contributed by atoms with Crippen LogP contribution in [-0.2, 0) is 22.7 Å². The van der Waals surface area contributed by atoms with Crippen LogP contribution in [0.15, 0.2) is 29.2 Å². The van der Waals surface area contributed by atoms with Gasteiger partial charge in [-0.2, -0.15) is 9.40 Å². The molecule has 28 heavy (non-hydrogen) atoms. The third-order valence-corrected chi connectivity index (χ3v) is 8.70. The van der Waals surface area contributed by atoms with Gasteiger partial charge in [-0.1, -0.05) is 23.7 Å². The highest BCUT2D eigenvalue weighted by Gasteiger charge is 2.52. The van der Waals surface area contributed by atoms with Crippen molar-refractivity contribution >= 4 is 21.6 Å². The molecule has 2 aromatic rings. The number of nitrogens with zero attached hydrogens (tertiary/aromatic N) is 3. The first-order valence-corrected chi connectivity index (χ1v) is 11.1. The molecule has 2 fully saturated rings. The quantitative estimate of drug-likeness (QED) is 0.817. The van der Waals surface area contributed by atoms with E-state index in [4.69, 9.17) is 11.6 Å². The molecule has 1 aromatic heterocycles. The van der Waals surface area contributed by atoms with Crippen molar-refractivity contribution < 1.29 is 17.9 Å². The summed E-state index contributed by atoms with van der Waals surface area (Å²) in [5.41, 5.74) is -0.386. The summed E-state index contributed by atoms with van der Waals surface area (Å²) >= 11 is 6.20. The Morgan fingerprint density at radius 3 is 2.75 bits per heavy atom. The van der Waals surface area contributed by atoms with Crippen molar-refractivity contribution in [3.05, 3.63) is 46.5 Å². The lowest BCUT2D eigenvalue weighted by Crippen LogP contribution is -2.43. The van der Waals surface area contributed by atoms with Gasteiger partial charge in [0.1, 0.15) is 15.9 Å². The third kappa shape index (κ3) is 2.98. The van der Waals surface area contributed by atoms with Crippen LogP contribution in [0.5, 0.6) is 0 Å². The number of fused-ring (bicyclic) bond motifs is 1. The van der Waals surface area contributed by atoms with Crippen LogP contribution in [0.25, 0.3) is 0 Å². The Hall–Kier alpha value is -1.48. The second-order valence-corrected chi connectivity index (χ2v) is 10.1. The summed E-state index contributed by atoms with van der Waals surface area (Å²) in [6.07, 6.45) is 2.07. The summed E-state index contributed by atoms with van der Waals surface area (Å²) in [6.45, 7) is 2.10. The number of sulfonamides is 1. The minimum absolute atomic E-state index is 0.00699. The zero-order valence-electron chi connectivity index (χ0n) is 15.8. The highest BCUT2D eigenvalue weighted by atomic mass is 35.5. The Balaban J connectivity index is 1.70. The molecule has 0 bridgehead atoms. The average molecular weight is 428 g/mol. The number of benzene rings is 1. The molecule has 0 unspecified atom stereocenters. The molecule has 4 rings (SSSR count). The number of aromatic nitrogens is 2. The van der Waals surface area contributed by atoms with Gasteiger partial charge in [-0.05, 0) is 49.8 Å². The van der Waals surface area contributed by atoms with Gasteiger partial charge in [0, 0.05) is 26.1 Å². The number of rotatable bonds is 3. The first-order chi connectivity index (χ1) is 13.1. The minimum Gasteiger partial charge on any atom is -0.385 e. The first kappa shape index (κ1) is 19.8. The average Bonchev–Trinajstić information content (AvgIpc) is 3.18. The second kappa shape index (κ2) is 6.79. The maximum atomic E-state index is 13.8. The van der Waals surface area contributed by atoms with E-state index >= 15 is 0 Å². The number of hydrogen-bond donors (Lipinski definition) is 1. The standard InChI is InChI=1S/C19H23ClFN3O3S/c1-12-17(18(20)23(2)22-12)28(26,27)24-10-13-5-4-8-19(25,16(13)11-24)14-6-3-7-15(21)9-14/h3,6-7,9,13,16,25H,4-5,8,10-11H2,1-2H3/t13-,16+,19+/m0/s1. The largest absolute Gasteiger partial charge is 0.385 e. The molecule has 0 amide bonds. The lowest BCUT2D eigenvalue weighted by molar-refractivity contribution is -0.0642. The molecule has 0 radical (unpaired) electrons. The molecule has 1 saturated heterocycles. The second-order valence-electron chi connectivity index (χ2n) is 7.84. The van der Waals surface area contributed by atoms with Gasteiger partial charge in [0.2, 0.25) is 10.0 Å². The van der Waals surface area contributed by atoms with Crippen LogP contribution in [-0.4, -0.2) is 40.7 Å². The maximum Gasteiger partial charge on any atom is 0.248 e. The summed E-state index contributed by atoms with van der Waals surface area (Å²) in [4.78, 5) is 0.0182. The minimum atomic E-state index is -3.85. The molecule has 1 N–H and O–H groups in total. The zero-order valence-corrected chi connectivity index (χ0v) is 17.3. The van der Waals surface area contributed by atoms with Gasteiger partial charge in [0.15, 0.2) is 0 Å². The van der Waals surface area contributed by atoms with Crippen molar-refractivity contribution in [1.29, 1.82) is 0 Å². The van der Waals surface area contributed by atoms with Gasteiger partial charge >= 0.3 is 0 Å². The number of halogens is 2. The van der Waals surface area contributed by atoms with E-state index in [0.717, 1.165) is 12.8 Å². The van der Waals surface area contributed by atoms with Gasteiger partial charge in [0.05, 0.1) is 11.3 Å². The van der Waals surface area contributed by atoms with Gasteiger partial charge in [0.25, 0.3) is 0 Å². The molecule has 3 atom stereocenters. The van der Waals surface area contributed by atoms with Gasteiger partial charge in [-0.25, -0.2) is 12.8 Å². The summed E-state index contributed by atoms with van der Waals surface area (Å²) in [5.74, 6) is -0.700. The lowest BCUT2D eigenvalue weighted by atomic mass is 9.67. The summed E-state index contributed by atoms with van der Waals surface area (Å²) in [7, 11) is -2.25. The van der Waals surface area contributed by atoms with Crippen molar-refractivity contribution in [2.24, 2.45) is 18.9 Å².